The van der Waals surface area contributed by atoms with Crippen molar-refractivity contribution in [2.75, 3.05) is 0 Å². The standard InChI is InChI=1S/C39H58N8O5/c1-7-26(6)35(39(52)43-22-28-15-11-12-16-42-28)47-36(49)30(25(4)5)20-34(48)32(17-24(2)3)45-38(51)33(19-29-21-41-23-44-29)46-37(50)31(40)18-27-13-9-8-10-14-27/h8-16,21,23-26,30-35,48H,7,17-20,22,40H2,1-6H3,(H,41,44)(H,43,52)(H,45,51)(H,46,50)(H,47,49)/t26-,30-,31-,32-,33-,34-,35-/m0/s1. The molecule has 0 aliphatic heterocycles. The van der Waals surface area contributed by atoms with Crippen molar-refractivity contribution < 1.29 is 24.3 Å². The number of pyridine rings is 1. The van der Waals surface area contributed by atoms with Gasteiger partial charge in [0.2, 0.25) is 23.6 Å². The largest absolute Gasteiger partial charge is 0.391 e. The van der Waals surface area contributed by atoms with Crippen molar-refractivity contribution in [3.8, 4) is 0 Å². The number of nitrogens with one attached hydrogen (secondary N) is 5. The lowest BCUT2D eigenvalue weighted by molar-refractivity contribution is -0.134. The first kappa shape index (κ1) is 41.8. The zero-order valence-electron chi connectivity index (χ0n) is 31.3. The van der Waals surface area contributed by atoms with Crippen LogP contribution in [0, 0.1) is 23.7 Å². The summed E-state index contributed by atoms with van der Waals surface area (Å²) in [5, 5.41) is 23.3. The molecule has 1 aromatic carbocycles. The van der Waals surface area contributed by atoms with Crippen LogP contribution in [0.4, 0.5) is 0 Å². The molecule has 0 spiro atoms. The Morgan fingerprint density at radius 2 is 1.56 bits per heavy atom. The Hall–Kier alpha value is -4.62. The topological polar surface area (TPSA) is 204 Å². The number of nitrogens with zero attached hydrogens (tertiary/aromatic N) is 2. The maximum absolute atomic E-state index is 13.9. The summed E-state index contributed by atoms with van der Waals surface area (Å²) >= 11 is 0. The highest BCUT2D eigenvalue weighted by Gasteiger charge is 2.35. The normalized spacial score (nSPS) is 15.5. The molecule has 3 aromatic rings. The lowest BCUT2D eigenvalue weighted by Crippen LogP contribution is -2.57. The minimum absolute atomic E-state index is 0.0451. The van der Waals surface area contributed by atoms with Crippen molar-refractivity contribution in [1.29, 1.82) is 0 Å². The molecule has 0 fully saturated rings. The molecule has 0 unspecified atom stereocenters. The number of aliphatic hydroxyl groups excluding tert-OH is 1. The van der Waals surface area contributed by atoms with Crippen LogP contribution in [0.3, 0.4) is 0 Å². The summed E-state index contributed by atoms with van der Waals surface area (Å²) in [5.74, 6) is -2.54. The van der Waals surface area contributed by atoms with E-state index in [4.69, 9.17) is 5.73 Å². The van der Waals surface area contributed by atoms with Crippen LogP contribution in [0.5, 0.6) is 0 Å². The molecule has 2 aromatic heterocycles. The van der Waals surface area contributed by atoms with Crippen molar-refractivity contribution in [3.63, 3.8) is 0 Å². The summed E-state index contributed by atoms with van der Waals surface area (Å²) in [5.41, 5.74) is 8.48. The predicted molar refractivity (Wildman–Crippen MR) is 200 cm³/mol. The van der Waals surface area contributed by atoms with Gasteiger partial charge in [-0.15, -0.1) is 0 Å². The van der Waals surface area contributed by atoms with Gasteiger partial charge in [0.05, 0.1) is 36.8 Å². The van der Waals surface area contributed by atoms with Gasteiger partial charge in [-0.3, -0.25) is 24.2 Å². The molecule has 0 bridgehead atoms. The Morgan fingerprint density at radius 3 is 2.15 bits per heavy atom. The molecule has 0 saturated carbocycles. The second kappa shape index (κ2) is 21.0. The molecule has 0 radical (unpaired) electrons. The molecular weight excluding hydrogens is 660 g/mol. The van der Waals surface area contributed by atoms with Gasteiger partial charge in [0.15, 0.2) is 0 Å². The van der Waals surface area contributed by atoms with Crippen molar-refractivity contribution in [2.45, 2.75) is 110 Å². The van der Waals surface area contributed by atoms with Crippen molar-refractivity contribution >= 4 is 23.6 Å². The van der Waals surface area contributed by atoms with Crippen LogP contribution in [-0.4, -0.2) is 74.0 Å². The van der Waals surface area contributed by atoms with E-state index in [2.05, 4.69) is 36.2 Å². The summed E-state index contributed by atoms with van der Waals surface area (Å²) in [6.07, 6.45) is 5.16. The lowest BCUT2D eigenvalue weighted by atomic mass is 9.85. The van der Waals surface area contributed by atoms with Crippen LogP contribution in [0.1, 0.15) is 77.8 Å². The summed E-state index contributed by atoms with van der Waals surface area (Å²) in [6.45, 7) is 11.8. The minimum atomic E-state index is -1.10. The molecule has 0 aliphatic carbocycles. The third kappa shape index (κ3) is 13.5. The van der Waals surface area contributed by atoms with Gasteiger partial charge in [-0.2, -0.15) is 0 Å². The molecule has 0 saturated heterocycles. The number of aromatic nitrogens is 3. The average Bonchev–Trinajstić information content (AvgIpc) is 3.64. The van der Waals surface area contributed by atoms with Gasteiger partial charge >= 0.3 is 0 Å². The van der Waals surface area contributed by atoms with Crippen molar-refractivity contribution in [1.82, 2.24) is 36.2 Å². The number of benzene rings is 1. The Labute approximate surface area is 307 Å². The van der Waals surface area contributed by atoms with Crippen molar-refractivity contribution in [3.05, 3.63) is 84.2 Å². The van der Waals surface area contributed by atoms with E-state index in [1.807, 2.05) is 84.0 Å². The molecule has 8 N–H and O–H groups in total. The zero-order chi connectivity index (χ0) is 38.2. The first-order valence-electron chi connectivity index (χ1n) is 18.3. The van der Waals surface area contributed by atoms with Gasteiger partial charge < -0.3 is 37.1 Å². The molecule has 13 heteroatoms. The van der Waals surface area contributed by atoms with Gasteiger partial charge in [-0.1, -0.05) is 84.4 Å². The molecule has 2 heterocycles. The first-order chi connectivity index (χ1) is 24.8. The number of aromatic amines is 1. The van der Waals surface area contributed by atoms with Gasteiger partial charge in [-0.05, 0) is 54.7 Å². The van der Waals surface area contributed by atoms with Gasteiger partial charge in [0, 0.05) is 30.4 Å². The van der Waals surface area contributed by atoms with Crippen LogP contribution in [0.25, 0.3) is 0 Å². The molecular formula is C39H58N8O5. The summed E-state index contributed by atoms with van der Waals surface area (Å²) in [4.78, 5) is 65.5. The number of hydrogen-bond donors (Lipinski definition) is 7. The monoisotopic (exact) mass is 718 g/mol. The second-order valence-corrected chi connectivity index (χ2v) is 14.4. The molecule has 284 valence electrons. The highest BCUT2D eigenvalue weighted by Crippen LogP contribution is 2.23. The van der Waals surface area contributed by atoms with Crippen LogP contribution in [0.2, 0.25) is 0 Å². The first-order valence-corrected chi connectivity index (χ1v) is 18.3. The van der Waals surface area contributed by atoms with Crippen LogP contribution < -0.4 is 27.0 Å². The molecule has 52 heavy (non-hydrogen) atoms. The van der Waals surface area contributed by atoms with E-state index in [0.29, 0.717) is 30.7 Å². The molecule has 7 atom stereocenters. The number of aliphatic hydroxyl groups is 1. The maximum Gasteiger partial charge on any atom is 0.243 e. The Kier molecular flexibility index (Phi) is 16.9. The number of carbonyl (C=O) groups excluding carboxylic acids is 4. The van der Waals surface area contributed by atoms with E-state index in [9.17, 15) is 24.3 Å². The van der Waals surface area contributed by atoms with Crippen LogP contribution >= 0.6 is 0 Å². The fraction of sp³-hybridized carbons (Fsp3) is 0.538. The lowest BCUT2D eigenvalue weighted by Gasteiger charge is -2.32. The third-order valence-corrected chi connectivity index (χ3v) is 9.36. The number of imidazole rings is 1. The summed E-state index contributed by atoms with van der Waals surface area (Å²) in [6, 6.07) is 11.4. The highest BCUT2D eigenvalue weighted by atomic mass is 16.3. The molecule has 13 nitrogen and oxygen atoms in total. The van der Waals surface area contributed by atoms with Gasteiger partial charge in [0.1, 0.15) is 12.1 Å². The fourth-order valence-corrected chi connectivity index (χ4v) is 6.03. The Balaban J connectivity index is 1.73. The number of amides is 4. The van der Waals surface area contributed by atoms with Gasteiger partial charge in [0.25, 0.3) is 0 Å². The van der Waals surface area contributed by atoms with E-state index >= 15 is 0 Å². The zero-order valence-corrected chi connectivity index (χ0v) is 31.3. The average molecular weight is 719 g/mol. The molecule has 0 aliphatic rings. The van der Waals surface area contributed by atoms with Gasteiger partial charge in [-0.25, -0.2) is 4.98 Å². The van der Waals surface area contributed by atoms with Crippen LogP contribution in [0.15, 0.2) is 67.3 Å². The van der Waals surface area contributed by atoms with E-state index in [0.717, 1.165) is 5.56 Å². The molecule has 4 amide bonds. The van der Waals surface area contributed by atoms with Crippen LogP contribution in [-0.2, 0) is 38.6 Å². The number of rotatable bonds is 21. The molecule has 3 rings (SSSR count). The van der Waals surface area contributed by atoms with Crippen molar-refractivity contribution in [2.24, 2.45) is 29.4 Å². The quantitative estimate of drug-likeness (QED) is 0.0871. The number of carbonyl (C=O) groups is 4. The highest BCUT2D eigenvalue weighted by molar-refractivity contribution is 5.90. The minimum Gasteiger partial charge on any atom is -0.391 e. The van der Waals surface area contributed by atoms with E-state index in [1.54, 1.807) is 18.5 Å². The maximum atomic E-state index is 13.9. The third-order valence-electron chi connectivity index (χ3n) is 9.36. The fourth-order valence-electron chi connectivity index (χ4n) is 6.03. The summed E-state index contributed by atoms with van der Waals surface area (Å²) in [7, 11) is 0. The SMILES string of the molecule is CC[C@H](C)[C@H](NC(=O)[C@@H](C[C@H](O)[C@H](CC(C)C)NC(=O)[C@H](Cc1cnc[nH]1)NC(=O)[C@@H](N)Cc1ccccc1)C(C)C)C(=O)NCc1ccccn1. The van der Waals surface area contributed by atoms with E-state index < -0.39 is 48.0 Å². The smallest absolute Gasteiger partial charge is 0.243 e. The predicted octanol–water partition coefficient (Wildman–Crippen LogP) is 2.80. The number of H-pyrrole nitrogens is 1. The number of nitrogens with two attached hydrogens (primary N) is 1. The van der Waals surface area contributed by atoms with E-state index in [-0.39, 0.29) is 49.0 Å². The summed E-state index contributed by atoms with van der Waals surface area (Å²) < 4.78 is 0. The van der Waals surface area contributed by atoms with E-state index in [1.165, 1.54) is 6.33 Å². The number of hydrogen-bond acceptors (Lipinski definition) is 8. The Bertz CT molecular complexity index is 1520. The second-order valence-electron chi connectivity index (χ2n) is 14.4. The Morgan fingerprint density at radius 1 is 0.846 bits per heavy atom.